The van der Waals surface area contributed by atoms with Crippen molar-refractivity contribution >= 4 is 87.3 Å². The Morgan fingerprint density at radius 3 is 1.49 bits per heavy atom. The number of hydrogen-bond acceptors (Lipinski definition) is 20. The number of nitrogens with zero attached hydrogens (tertiary/aromatic N) is 9. The highest BCUT2D eigenvalue weighted by atomic mass is 32.2. The zero-order valence-corrected chi connectivity index (χ0v) is 59.6. The molecule has 0 saturated carbocycles. The first kappa shape index (κ1) is 85.8. The maximum atomic E-state index is 12.9. The van der Waals surface area contributed by atoms with Crippen molar-refractivity contribution in [1.82, 2.24) is 59.4 Å². The van der Waals surface area contributed by atoms with Crippen LogP contribution in [-0.4, -0.2) is 144 Å². The van der Waals surface area contributed by atoms with E-state index in [9.17, 15) is 38.8 Å². The highest BCUT2D eigenvalue weighted by Gasteiger charge is 2.29. The zero-order chi connectivity index (χ0) is 72.5. The van der Waals surface area contributed by atoms with E-state index in [1.165, 1.54) is 50.9 Å². The van der Waals surface area contributed by atoms with Crippen LogP contribution in [0, 0.1) is 27.7 Å². The number of aromatic nitrogens is 12. The Balaban J connectivity index is 0.000000248. The van der Waals surface area contributed by atoms with Crippen molar-refractivity contribution in [2.24, 2.45) is 7.05 Å². The lowest BCUT2D eigenvalue weighted by atomic mass is 10.1. The molecule has 0 radical (unpaired) electrons. The molecule has 8 aromatic heterocycles. The average molecular weight is 1540 g/mol. The summed E-state index contributed by atoms with van der Waals surface area (Å²) < 4.78 is 155. The summed E-state index contributed by atoms with van der Waals surface area (Å²) in [4.78, 5) is 43.5. The first-order valence-electron chi connectivity index (χ1n) is 30.6. The summed E-state index contributed by atoms with van der Waals surface area (Å²) in [6, 6.07) is 29.6. The van der Waals surface area contributed by atoms with Crippen LogP contribution in [0.4, 0.5) is 22.0 Å². The second-order valence-electron chi connectivity index (χ2n) is 21.9. The number of benzene rings is 4. The number of imidazole rings is 4. The standard InChI is InChI=1S/2C18H21N3O3S.C16H14F3N3O2S.C16H15F2N3O4S.4CH4/c1-11-9-19-15(12(2)17(11)24-5)10-25(22)18-20-14-8-13(23-4)6-7-16(14)21(18)3;1-13-16(19-9-8-17(13)24-11-5-10-23-2)12-25(22)18-20-14-6-3-4-7-15(14)21-18;1-10-13(20-7-6-14(10)24-9-16(17,18)19)8-25(23)15-21-11-4-2-3-5-12(11)22-15;1-23-13-5-6-19-12(14(13)24-2)8-26(22)16-20-10-4-3-9(25-15(17)18)7-11(10)21-16;;;;/h6-9H,10H2,1-5H3;3-4,6-9H,5,10-12H2,1-2H3,(H,20,21);2-7H,8-9H2,1H3,(H,21,22);3-7,15H,8H2,1-2H3,(H,20,21);4*1H4. The van der Waals surface area contributed by atoms with Crippen LogP contribution in [0.2, 0.25) is 0 Å². The Kier molecular flexibility index (Phi) is 32.6. The topological polar surface area (TPSA) is 298 Å². The van der Waals surface area contributed by atoms with Crippen LogP contribution in [0.3, 0.4) is 0 Å². The average Bonchev–Trinajstić information content (AvgIpc) is 1.71. The molecule has 4 unspecified atom stereocenters. The van der Waals surface area contributed by atoms with Crippen LogP contribution < -0.4 is 33.2 Å². The molecule has 4 aromatic carbocycles. The summed E-state index contributed by atoms with van der Waals surface area (Å²) in [5.41, 5.74) is 11.3. The third-order valence-electron chi connectivity index (χ3n) is 15.1. The molecule has 4 atom stereocenters. The van der Waals surface area contributed by atoms with Gasteiger partial charge in [0.15, 0.2) is 38.7 Å². The van der Waals surface area contributed by atoms with E-state index in [0.717, 1.165) is 79.3 Å². The number of aromatic amines is 3. The molecule has 0 saturated heterocycles. The highest BCUT2D eigenvalue weighted by Crippen LogP contribution is 2.33. The van der Waals surface area contributed by atoms with Gasteiger partial charge in [-0.05, 0) is 88.4 Å². The first-order chi connectivity index (χ1) is 48.5. The first-order valence-corrected chi connectivity index (χ1v) is 35.9. The maximum Gasteiger partial charge on any atom is 0.422 e. The quantitative estimate of drug-likeness (QED) is 0.0354. The Morgan fingerprint density at radius 1 is 0.486 bits per heavy atom. The molecule has 0 aliphatic heterocycles. The van der Waals surface area contributed by atoms with Crippen molar-refractivity contribution in [3.05, 3.63) is 173 Å². The number of halogens is 5. The molecule has 12 rings (SSSR count). The van der Waals surface area contributed by atoms with Gasteiger partial charge in [0.1, 0.15) is 28.7 Å². The van der Waals surface area contributed by atoms with Crippen molar-refractivity contribution in [2.45, 2.75) is 120 Å². The van der Waals surface area contributed by atoms with Crippen LogP contribution in [0.25, 0.3) is 44.1 Å². The lowest BCUT2D eigenvalue weighted by molar-refractivity contribution is -0.153. The number of alkyl halides is 5. The normalized spacial score (nSPS) is 12.1. The van der Waals surface area contributed by atoms with Crippen molar-refractivity contribution in [3.63, 3.8) is 0 Å². The minimum atomic E-state index is -4.42. The minimum Gasteiger partial charge on any atom is -0.497 e. The number of ether oxygens (including phenoxy) is 8. The van der Waals surface area contributed by atoms with Crippen LogP contribution in [0.15, 0.2) is 149 Å². The fraction of sp³-hybridized carbons (Fsp3) is 0.333. The number of nitrogens with one attached hydrogen (secondary N) is 3. The van der Waals surface area contributed by atoms with E-state index < -0.39 is 62.6 Å². The Bertz CT molecular complexity index is 4880. The minimum absolute atomic E-state index is 0. The molecule has 0 aliphatic carbocycles. The van der Waals surface area contributed by atoms with E-state index in [0.29, 0.717) is 79.4 Å². The van der Waals surface area contributed by atoms with Gasteiger partial charge in [-0.25, -0.2) is 19.9 Å². The Morgan fingerprint density at radius 2 is 0.971 bits per heavy atom. The largest absolute Gasteiger partial charge is 0.497 e. The molecule has 0 spiro atoms. The monoisotopic (exact) mass is 1530 g/mol. The molecule has 24 nitrogen and oxygen atoms in total. The zero-order valence-electron chi connectivity index (χ0n) is 56.3. The summed E-state index contributed by atoms with van der Waals surface area (Å²) >= 11 is 0. The summed E-state index contributed by atoms with van der Waals surface area (Å²) in [6.07, 6.45) is 2.69. The predicted molar refractivity (Wildman–Crippen MR) is 399 cm³/mol. The van der Waals surface area contributed by atoms with E-state index in [1.807, 2.05) is 99.1 Å². The smallest absolute Gasteiger partial charge is 0.422 e. The van der Waals surface area contributed by atoms with Gasteiger partial charge in [-0.3, -0.25) is 36.8 Å². The van der Waals surface area contributed by atoms with Gasteiger partial charge in [-0.2, -0.15) is 22.0 Å². The number of pyridine rings is 4. The number of methoxy groups -OCH3 is 5. The third kappa shape index (κ3) is 22.4. The molecular formula is C72H87F5N12O12S4. The SMILES string of the molecule is C.C.C.C.COCCCOc1ccnc(CS(=O)c2nc3ccccc3[nH]2)c1C.COc1ccc2c(c1)nc(S(=O)Cc1ncc(C)c(OC)c1C)n2C.COc1ccnc(CS(=O)c2nc3ccc(OC(F)F)cc3[nH]2)c1OC.Cc1c(OCC(F)(F)F)ccnc1CS(=O)c1nc2ccccc2[nH]1. The van der Waals surface area contributed by atoms with Crippen LogP contribution in [0.1, 0.15) is 81.2 Å². The van der Waals surface area contributed by atoms with Crippen molar-refractivity contribution in [2.75, 3.05) is 55.4 Å². The second-order valence-corrected chi connectivity index (χ2v) is 27.3. The maximum absolute atomic E-state index is 12.9. The lowest BCUT2D eigenvalue weighted by Crippen LogP contribution is -2.19. The molecule has 105 heavy (non-hydrogen) atoms. The van der Waals surface area contributed by atoms with E-state index >= 15 is 0 Å². The van der Waals surface area contributed by atoms with E-state index in [-0.39, 0.29) is 63.6 Å². The number of rotatable bonds is 25. The van der Waals surface area contributed by atoms with Gasteiger partial charge in [0, 0.05) is 92.4 Å². The number of para-hydroxylation sites is 4. The predicted octanol–water partition coefficient (Wildman–Crippen LogP) is 14.8. The van der Waals surface area contributed by atoms with Gasteiger partial charge >= 0.3 is 12.8 Å². The van der Waals surface area contributed by atoms with Gasteiger partial charge < -0.3 is 57.4 Å². The number of fused-ring (bicyclic) bond motifs is 4. The Labute approximate surface area is 615 Å². The number of aryl methyl sites for hydroxylation is 2. The third-order valence-corrected chi connectivity index (χ3v) is 19.9. The number of H-pyrrole nitrogens is 3. The van der Waals surface area contributed by atoms with Gasteiger partial charge in [0.25, 0.3) is 0 Å². The fourth-order valence-corrected chi connectivity index (χ4v) is 14.5. The van der Waals surface area contributed by atoms with Crippen molar-refractivity contribution in [3.8, 4) is 40.2 Å². The molecule has 3 N–H and O–H groups in total. The molecule has 0 aliphatic rings. The summed E-state index contributed by atoms with van der Waals surface area (Å²) in [5.74, 6) is 3.87. The van der Waals surface area contributed by atoms with E-state index in [1.54, 1.807) is 52.8 Å². The molecule has 0 fully saturated rings. The van der Waals surface area contributed by atoms with Crippen molar-refractivity contribution < 1.29 is 76.7 Å². The molecule has 33 heteroatoms. The van der Waals surface area contributed by atoms with Crippen LogP contribution >= 0.6 is 0 Å². The molecule has 0 amide bonds. The van der Waals surface area contributed by atoms with Crippen LogP contribution in [-0.2, 0) is 78.0 Å². The van der Waals surface area contributed by atoms with Gasteiger partial charge in [0.05, 0.1) is 168 Å². The van der Waals surface area contributed by atoms with Crippen LogP contribution in [0.5, 0.6) is 40.2 Å². The summed E-state index contributed by atoms with van der Waals surface area (Å²) in [5, 5.41) is 1.47. The Hall–Kier alpha value is -9.83. The highest BCUT2D eigenvalue weighted by molar-refractivity contribution is 7.84. The molecule has 566 valence electrons. The van der Waals surface area contributed by atoms with Crippen molar-refractivity contribution in [1.29, 1.82) is 0 Å². The molecular weight excluding hydrogens is 1450 g/mol. The van der Waals surface area contributed by atoms with E-state index in [4.69, 9.17) is 33.2 Å². The van der Waals surface area contributed by atoms with Gasteiger partial charge in [-0.15, -0.1) is 0 Å². The van der Waals surface area contributed by atoms with Gasteiger partial charge in [-0.1, -0.05) is 54.0 Å². The molecule has 12 aromatic rings. The fourth-order valence-electron chi connectivity index (χ4n) is 10.0. The second kappa shape index (κ2) is 39.9. The summed E-state index contributed by atoms with van der Waals surface area (Å²) in [7, 11) is 4.06. The lowest BCUT2D eigenvalue weighted by Gasteiger charge is -2.13. The number of hydrogen-bond donors (Lipinski definition) is 3. The van der Waals surface area contributed by atoms with Gasteiger partial charge in [0.2, 0.25) is 0 Å². The molecule has 8 heterocycles. The molecule has 0 bridgehead atoms. The van der Waals surface area contributed by atoms with E-state index in [2.05, 4.69) is 59.6 Å². The summed E-state index contributed by atoms with van der Waals surface area (Å²) in [6.45, 7) is 4.33.